The van der Waals surface area contributed by atoms with Crippen LogP contribution in [0.4, 0.5) is 4.39 Å². The van der Waals surface area contributed by atoms with Crippen molar-refractivity contribution in [3.05, 3.63) is 58.4 Å². The van der Waals surface area contributed by atoms with Crippen molar-refractivity contribution in [2.45, 2.75) is 6.54 Å². The number of hydrogen-bond donors (Lipinski definition) is 1. The van der Waals surface area contributed by atoms with Crippen molar-refractivity contribution in [1.29, 1.82) is 0 Å². The maximum absolute atomic E-state index is 13.9. The molecule has 0 saturated carbocycles. The molecule has 30 heavy (non-hydrogen) atoms. The summed E-state index contributed by atoms with van der Waals surface area (Å²) < 4.78 is 29.2. The lowest BCUT2D eigenvalue weighted by Gasteiger charge is -2.18. The molecule has 2 aromatic rings. The van der Waals surface area contributed by atoms with Gasteiger partial charge < -0.3 is 24.8 Å². The van der Waals surface area contributed by atoms with Crippen molar-refractivity contribution in [2.24, 2.45) is 5.73 Å². The number of carbonyl (C=O) groups excluding carboxylic acids is 3. The average Bonchev–Trinajstić information content (AvgIpc) is 2.72. The van der Waals surface area contributed by atoms with Gasteiger partial charge in [0.05, 0.1) is 12.7 Å². The van der Waals surface area contributed by atoms with Gasteiger partial charge in [0.25, 0.3) is 11.8 Å². The van der Waals surface area contributed by atoms with Crippen LogP contribution in [0.25, 0.3) is 0 Å². The van der Waals surface area contributed by atoms with Gasteiger partial charge in [-0.15, -0.1) is 0 Å². The van der Waals surface area contributed by atoms with Gasteiger partial charge in [-0.05, 0) is 30.3 Å². The molecule has 0 aliphatic heterocycles. The van der Waals surface area contributed by atoms with Crippen LogP contribution in [0.15, 0.2) is 36.4 Å². The molecule has 0 fully saturated rings. The Labute approximate surface area is 177 Å². The van der Waals surface area contributed by atoms with Crippen LogP contribution in [0.2, 0.25) is 5.02 Å². The lowest BCUT2D eigenvalue weighted by molar-refractivity contribution is -0.133. The fourth-order valence-electron chi connectivity index (χ4n) is 2.39. The molecule has 10 heteroatoms. The Kier molecular flexibility index (Phi) is 7.99. The largest absolute Gasteiger partial charge is 0.493 e. The number of nitrogens with zero attached hydrogens (tertiary/aromatic N) is 1. The number of ether oxygens (including phenoxy) is 3. The van der Waals surface area contributed by atoms with Gasteiger partial charge in [0.1, 0.15) is 5.82 Å². The van der Waals surface area contributed by atoms with Gasteiger partial charge >= 0.3 is 5.97 Å². The molecule has 0 heterocycles. The number of benzene rings is 2. The fraction of sp³-hybridized carbons (Fsp3) is 0.250. The highest BCUT2D eigenvalue weighted by molar-refractivity contribution is 6.31. The maximum atomic E-state index is 13.9. The van der Waals surface area contributed by atoms with Gasteiger partial charge in [0, 0.05) is 24.2 Å². The van der Waals surface area contributed by atoms with Crippen LogP contribution in [0.1, 0.15) is 15.9 Å². The number of primary amides is 1. The first-order chi connectivity index (χ1) is 14.2. The van der Waals surface area contributed by atoms with E-state index in [2.05, 4.69) is 0 Å². The summed E-state index contributed by atoms with van der Waals surface area (Å²) in [6.45, 7) is -0.988. The molecule has 0 spiro atoms. The molecular weight excluding hydrogens is 419 g/mol. The lowest BCUT2D eigenvalue weighted by Crippen LogP contribution is -2.31. The highest BCUT2D eigenvalue weighted by atomic mass is 35.5. The highest BCUT2D eigenvalue weighted by Crippen LogP contribution is 2.28. The number of esters is 1. The van der Waals surface area contributed by atoms with Crippen LogP contribution < -0.4 is 15.2 Å². The molecule has 0 aromatic heterocycles. The summed E-state index contributed by atoms with van der Waals surface area (Å²) in [4.78, 5) is 36.5. The van der Waals surface area contributed by atoms with E-state index in [1.165, 1.54) is 55.5 Å². The molecule has 0 unspecified atom stereocenters. The number of carbonyl (C=O) groups is 3. The maximum Gasteiger partial charge on any atom is 0.338 e. The third-order valence-corrected chi connectivity index (χ3v) is 4.33. The van der Waals surface area contributed by atoms with E-state index in [0.29, 0.717) is 0 Å². The smallest absolute Gasteiger partial charge is 0.338 e. The van der Waals surface area contributed by atoms with Gasteiger partial charge in [-0.2, -0.15) is 0 Å². The Morgan fingerprint density at radius 3 is 2.50 bits per heavy atom. The summed E-state index contributed by atoms with van der Waals surface area (Å²) in [5, 5.41) is 0.192. The second-order valence-corrected chi connectivity index (χ2v) is 6.55. The van der Waals surface area contributed by atoms with E-state index in [0.717, 1.165) is 0 Å². The molecule has 160 valence electrons. The zero-order chi connectivity index (χ0) is 22.3. The second-order valence-electron chi connectivity index (χ2n) is 6.15. The van der Waals surface area contributed by atoms with Crippen molar-refractivity contribution in [1.82, 2.24) is 4.90 Å². The molecule has 0 atom stereocenters. The van der Waals surface area contributed by atoms with Crippen molar-refractivity contribution in [3.63, 3.8) is 0 Å². The minimum absolute atomic E-state index is 0.0817. The van der Waals surface area contributed by atoms with Gasteiger partial charge in [-0.3, -0.25) is 9.59 Å². The molecule has 2 amide bonds. The standard InChI is InChI=1S/C20H20ClFN2O6/c1-24(9-13-14(21)4-3-5-15(13)22)19(26)11-30-20(27)12-6-7-16(17(8-12)28-2)29-10-18(23)25/h3-8H,9-11H2,1-2H3,(H2,23,25). The molecule has 0 aliphatic carbocycles. The van der Waals surface area contributed by atoms with Gasteiger partial charge in [0.15, 0.2) is 24.7 Å². The van der Waals surface area contributed by atoms with E-state index in [9.17, 15) is 18.8 Å². The van der Waals surface area contributed by atoms with Crippen LogP contribution in [-0.2, 0) is 20.9 Å². The summed E-state index contributed by atoms with van der Waals surface area (Å²) in [6.07, 6.45) is 0. The Morgan fingerprint density at radius 2 is 1.87 bits per heavy atom. The number of halogens is 2. The zero-order valence-electron chi connectivity index (χ0n) is 16.3. The molecule has 0 radical (unpaired) electrons. The predicted molar refractivity (Wildman–Crippen MR) is 106 cm³/mol. The normalized spacial score (nSPS) is 10.3. The first-order valence-electron chi connectivity index (χ1n) is 8.66. The second kappa shape index (κ2) is 10.4. The van der Waals surface area contributed by atoms with Crippen LogP contribution in [-0.4, -0.2) is 50.1 Å². The van der Waals surface area contributed by atoms with Crippen LogP contribution >= 0.6 is 11.6 Å². The molecule has 2 aromatic carbocycles. The summed E-state index contributed by atoms with van der Waals surface area (Å²) in [7, 11) is 2.79. The van der Waals surface area contributed by atoms with Gasteiger partial charge in [-0.25, -0.2) is 9.18 Å². The Bertz CT molecular complexity index is 933. The van der Waals surface area contributed by atoms with Crippen molar-refractivity contribution >= 4 is 29.4 Å². The number of nitrogens with two attached hydrogens (primary N) is 1. The van der Waals surface area contributed by atoms with E-state index < -0.39 is 30.2 Å². The topological polar surface area (TPSA) is 108 Å². The quantitative estimate of drug-likeness (QED) is 0.601. The van der Waals surface area contributed by atoms with E-state index >= 15 is 0 Å². The molecule has 0 aliphatic rings. The van der Waals surface area contributed by atoms with Gasteiger partial charge in [0.2, 0.25) is 0 Å². The summed E-state index contributed by atoms with van der Waals surface area (Å²) in [5.41, 5.74) is 5.29. The van der Waals surface area contributed by atoms with Gasteiger partial charge in [-0.1, -0.05) is 17.7 Å². The summed E-state index contributed by atoms with van der Waals surface area (Å²) in [5.74, 6) is -2.13. The van der Waals surface area contributed by atoms with Crippen molar-refractivity contribution in [2.75, 3.05) is 27.4 Å². The lowest BCUT2D eigenvalue weighted by atomic mass is 10.2. The molecule has 8 nitrogen and oxygen atoms in total. The van der Waals surface area contributed by atoms with E-state index in [1.807, 2.05) is 0 Å². The molecular formula is C20H20ClFN2O6. The fourth-order valence-corrected chi connectivity index (χ4v) is 2.61. The molecule has 0 saturated heterocycles. The number of hydrogen-bond acceptors (Lipinski definition) is 6. The van der Waals surface area contributed by atoms with E-state index in [-0.39, 0.29) is 40.8 Å². The Balaban J connectivity index is 1.97. The average molecular weight is 439 g/mol. The third kappa shape index (κ3) is 6.08. The zero-order valence-corrected chi connectivity index (χ0v) is 17.1. The summed E-state index contributed by atoms with van der Waals surface area (Å²) in [6, 6.07) is 8.35. The van der Waals surface area contributed by atoms with Crippen LogP contribution in [0.3, 0.4) is 0 Å². The van der Waals surface area contributed by atoms with E-state index in [1.54, 1.807) is 0 Å². The Morgan fingerprint density at radius 1 is 1.13 bits per heavy atom. The predicted octanol–water partition coefficient (Wildman–Crippen LogP) is 2.17. The third-order valence-electron chi connectivity index (χ3n) is 3.98. The first-order valence-corrected chi connectivity index (χ1v) is 9.03. The van der Waals surface area contributed by atoms with E-state index in [4.69, 9.17) is 31.5 Å². The number of likely N-dealkylation sites (N-methyl/N-ethyl adjacent to an activating group) is 1. The van der Waals surface area contributed by atoms with Crippen LogP contribution in [0.5, 0.6) is 11.5 Å². The van der Waals surface area contributed by atoms with Crippen molar-refractivity contribution in [3.8, 4) is 11.5 Å². The van der Waals surface area contributed by atoms with Crippen molar-refractivity contribution < 1.29 is 33.0 Å². The number of rotatable bonds is 9. The molecule has 2 rings (SSSR count). The SMILES string of the molecule is COc1cc(C(=O)OCC(=O)N(C)Cc2c(F)cccc2Cl)ccc1OCC(N)=O. The highest BCUT2D eigenvalue weighted by Gasteiger charge is 2.18. The molecule has 2 N–H and O–H groups in total. The van der Waals surface area contributed by atoms with Crippen LogP contribution in [0, 0.1) is 5.82 Å². The molecule has 0 bridgehead atoms. The first kappa shape index (κ1) is 23.0. The number of amides is 2. The minimum Gasteiger partial charge on any atom is -0.493 e. The number of methoxy groups -OCH3 is 1. The Hall–Kier alpha value is -3.33. The monoisotopic (exact) mass is 438 g/mol. The minimum atomic E-state index is -0.777. The summed E-state index contributed by atoms with van der Waals surface area (Å²) >= 11 is 5.96.